The normalized spacial score (nSPS) is 14.6. The molecule has 0 unspecified atom stereocenters. The summed E-state index contributed by atoms with van der Waals surface area (Å²) < 4.78 is 18.7. The minimum absolute atomic E-state index is 0.168. The Hall–Kier alpha value is -2.97. The molecule has 0 atom stereocenters. The van der Waals surface area contributed by atoms with E-state index in [-0.39, 0.29) is 18.0 Å². The topological polar surface area (TPSA) is 92.3 Å². The van der Waals surface area contributed by atoms with Gasteiger partial charge in [0.05, 0.1) is 12.8 Å². The van der Waals surface area contributed by atoms with E-state index in [1.807, 2.05) is 6.07 Å². The van der Waals surface area contributed by atoms with Crippen molar-refractivity contribution < 1.29 is 13.9 Å². The minimum Gasteiger partial charge on any atom is -0.450 e. The lowest BCUT2D eigenvalue weighted by molar-refractivity contribution is 0.0983. The number of hydrogen-bond acceptors (Lipinski definition) is 7. The number of nitrogens with one attached hydrogen (secondary N) is 2. The van der Waals surface area contributed by atoms with Crippen molar-refractivity contribution in [1.29, 1.82) is 0 Å². The molecule has 1 saturated heterocycles. The molecule has 1 aromatic heterocycles. The van der Waals surface area contributed by atoms with Gasteiger partial charge >= 0.3 is 6.09 Å². The number of benzene rings is 1. The van der Waals surface area contributed by atoms with Gasteiger partial charge in [-0.2, -0.15) is 10.1 Å². The van der Waals surface area contributed by atoms with Crippen LogP contribution in [0.25, 0.3) is 0 Å². The summed E-state index contributed by atoms with van der Waals surface area (Å²) in [5.74, 6) is 0.810. The molecule has 2 heterocycles. The van der Waals surface area contributed by atoms with Gasteiger partial charge in [-0.3, -0.25) is 0 Å². The van der Waals surface area contributed by atoms with Crippen molar-refractivity contribution in [2.45, 2.75) is 32.2 Å². The maximum atomic E-state index is 13.7. The lowest BCUT2D eigenvalue weighted by atomic mass is 10.1. The number of carbonyl (C=O) groups excluding carboxylic acids is 1. The first-order chi connectivity index (χ1) is 13.7. The number of carbonyl (C=O) groups is 1. The van der Waals surface area contributed by atoms with E-state index in [2.05, 4.69) is 25.8 Å². The third kappa shape index (κ3) is 5.51. The highest BCUT2D eigenvalue weighted by Crippen LogP contribution is 2.15. The van der Waals surface area contributed by atoms with Crippen LogP contribution in [0.3, 0.4) is 0 Å². The predicted molar refractivity (Wildman–Crippen MR) is 104 cm³/mol. The summed E-state index contributed by atoms with van der Waals surface area (Å²) in [6.45, 7) is 3.98. The average molecular weight is 388 g/mol. The van der Waals surface area contributed by atoms with Gasteiger partial charge in [-0.25, -0.2) is 9.18 Å². The summed E-state index contributed by atoms with van der Waals surface area (Å²) in [5, 5.41) is 14.4. The van der Waals surface area contributed by atoms with Gasteiger partial charge < -0.3 is 20.3 Å². The van der Waals surface area contributed by atoms with Crippen molar-refractivity contribution in [2.24, 2.45) is 0 Å². The van der Waals surface area contributed by atoms with Crippen molar-refractivity contribution >= 4 is 17.9 Å². The van der Waals surface area contributed by atoms with E-state index in [9.17, 15) is 9.18 Å². The number of hydrogen-bond donors (Lipinski definition) is 2. The quantitative estimate of drug-likeness (QED) is 0.753. The number of nitrogens with zero attached hydrogens (tertiary/aromatic N) is 4. The van der Waals surface area contributed by atoms with E-state index in [0.717, 1.165) is 12.8 Å². The van der Waals surface area contributed by atoms with Crippen LogP contribution in [0.1, 0.15) is 25.3 Å². The largest absolute Gasteiger partial charge is 0.450 e. The first-order valence-corrected chi connectivity index (χ1v) is 9.51. The zero-order valence-corrected chi connectivity index (χ0v) is 15.9. The average Bonchev–Trinajstić information content (AvgIpc) is 2.70. The lowest BCUT2D eigenvalue weighted by Crippen LogP contribution is -2.42. The molecule has 2 aromatic rings. The van der Waals surface area contributed by atoms with Gasteiger partial charge in [0.2, 0.25) is 5.95 Å². The van der Waals surface area contributed by atoms with Crippen LogP contribution in [0.5, 0.6) is 0 Å². The van der Waals surface area contributed by atoms with E-state index >= 15 is 0 Å². The smallest absolute Gasteiger partial charge is 0.409 e. The Morgan fingerprint density at radius 2 is 2.11 bits per heavy atom. The van der Waals surface area contributed by atoms with Crippen molar-refractivity contribution in [3.05, 3.63) is 41.8 Å². The molecule has 2 N–H and O–H groups in total. The van der Waals surface area contributed by atoms with Crippen molar-refractivity contribution in [2.75, 3.05) is 36.9 Å². The summed E-state index contributed by atoms with van der Waals surface area (Å²) in [4.78, 5) is 17.9. The third-order valence-electron chi connectivity index (χ3n) is 4.57. The van der Waals surface area contributed by atoms with Crippen LogP contribution in [0, 0.1) is 5.82 Å². The predicted octanol–water partition coefficient (Wildman–Crippen LogP) is 2.70. The van der Waals surface area contributed by atoms with Crippen LogP contribution in [-0.4, -0.2) is 58.5 Å². The van der Waals surface area contributed by atoms with E-state index in [0.29, 0.717) is 50.0 Å². The Morgan fingerprint density at radius 3 is 2.86 bits per heavy atom. The highest BCUT2D eigenvalue weighted by molar-refractivity contribution is 5.67. The van der Waals surface area contributed by atoms with E-state index < -0.39 is 0 Å². The van der Waals surface area contributed by atoms with Crippen LogP contribution < -0.4 is 10.6 Å². The molecular weight excluding hydrogens is 363 g/mol. The Balaban J connectivity index is 1.46. The molecule has 150 valence electrons. The molecule has 8 nitrogen and oxygen atoms in total. The molecule has 1 aliphatic heterocycles. The van der Waals surface area contributed by atoms with E-state index in [1.54, 1.807) is 24.0 Å². The first-order valence-electron chi connectivity index (χ1n) is 9.51. The van der Waals surface area contributed by atoms with Crippen LogP contribution >= 0.6 is 0 Å². The second-order valence-electron chi connectivity index (χ2n) is 6.54. The van der Waals surface area contributed by atoms with Gasteiger partial charge in [-0.05, 0) is 37.8 Å². The number of piperidine rings is 1. The molecule has 3 rings (SSSR count). The standard InChI is InChI=1S/C19H25FN6O2/c1-2-28-19(27)26-11-8-15(9-12-26)23-18-24-17(13-22-25-18)21-10-7-14-5-3-4-6-16(14)20/h3-6,13,15H,2,7-12H2,1H3,(H2,21,23,24,25). The third-order valence-corrected chi connectivity index (χ3v) is 4.57. The minimum atomic E-state index is -0.264. The Labute approximate surface area is 163 Å². The number of halogens is 1. The van der Waals surface area contributed by atoms with Crippen LogP contribution in [0.2, 0.25) is 0 Å². The number of ether oxygens (including phenoxy) is 1. The van der Waals surface area contributed by atoms with E-state index in [1.165, 1.54) is 12.3 Å². The second kappa shape index (κ2) is 9.82. The molecule has 1 aliphatic rings. The second-order valence-corrected chi connectivity index (χ2v) is 6.54. The molecule has 0 aliphatic carbocycles. The van der Waals surface area contributed by atoms with Crippen molar-refractivity contribution in [3.8, 4) is 0 Å². The van der Waals surface area contributed by atoms with Crippen LogP contribution in [-0.2, 0) is 11.2 Å². The fourth-order valence-electron chi connectivity index (χ4n) is 3.08. The van der Waals surface area contributed by atoms with Gasteiger partial charge in [0, 0.05) is 25.7 Å². The molecule has 1 aromatic carbocycles. The van der Waals surface area contributed by atoms with Crippen molar-refractivity contribution in [1.82, 2.24) is 20.1 Å². The number of likely N-dealkylation sites (tertiary alicyclic amines) is 1. The number of amides is 1. The fourth-order valence-corrected chi connectivity index (χ4v) is 3.08. The monoisotopic (exact) mass is 388 g/mol. The molecule has 0 bridgehead atoms. The summed E-state index contributed by atoms with van der Waals surface area (Å²) in [5.41, 5.74) is 0.656. The molecule has 0 saturated carbocycles. The Morgan fingerprint density at radius 1 is 1.32 bits per heavy atom. The molecule has 1 fully saturated rings. The molecule has 0 spiro atoms. The zero-order valence-electron chi connectivity index (χ0n) is 15.9. The summed E-state index contributed by atoms with van der Waals surface area (Å²) in [6.07, 6.45) is 3.39. The van der Waals surface area contributed by atoms with Crippen LogP contribution in [0.15, 0.2) is 30.5 Å². The number of aromatic nitrogens is 3. The first kappa shape index (κ1) is 19.8. The summed E-state index contributed by atoms with van der Waals surface area (Å²) in [7, 11) is 0. The Kier molecular flexibility index (Phi) is 6.94. The highest BCUT2D eigenvalue weighted by atomic mass is 19.1. The Bertz CT molecular complexity index is 783. The van der Waals surface area contributed by atoms with Gasteiger partial charge in [-0.1, -0.05) is 18.2 Å². The fraction of sp³-hybridized carbons (Fsp3) is 0.474. The van der Waals surface area contributed by atoms with Gasteiger partial charge in [-0.15, -0.1) is 5.10 Å². The molecule has 0 radical (unpaired) electrons. The highest BCUT2D eigenvalue weighted by Gasteiger charge is 2.24. The molecular formula is C19H25FN6O2. The number of anilines is 2. The van der Waals surface area contributed by atoms with Gasteiger partial charge in [0.25, 0.3) is 0 Å². The van der Waals surface area contributed by atoms with Crippen LogP contribution in [0.4, 0.5) is 21.0 Å². The maximum absolute atomic E-state index is 13.7. The van der Waals surface area contributed by atoms with Gasteiger partial charge in [0.1, 0.15) is 5.82 Å². The zero-order chi connectivity index (χ0) is 19.8. The maximum Gasteiger partial charge on any atom is 0.409 e. The summed E-state index contributed by atoms with van der Waals surface area (Å²) in [6, 6.07) is 6.89. The number of rotatable bonds is 7. The molecule has 28 heavy (non-hydrogen) atoms. The molecule has 9 heteroatoms. The van der Waals surface area contributed by atoms with Crippen molar-refractivity contribution in [3.63, 3.8) is 0 Å². The van der Waals surface area contributed by atoms with E-state index in [4.69, 9.17) is 4.74 Å². The SMILES string of the molecule is CCOC(=O)N1CCC(Nc2nncc(NCCc3ccccc3F)n2)CC1. The molecule has 1 amide bonds. The lowest BCUT2D eigenvalue weighted by Gasteiger charge is -2.31. The van der Waals surface area contributed by atoms with Gasteiger partial charge in [0.15, 0.2) is 5.82 Å². The summed E-state index contributed by atoms with van der Waals surface area (Å²) >= 11 is 0.